The second-order valence-electron chi connectivity index (χ2n) is 7.55. The number of aryl methyl sites for hydroxylation is 3. The van der Waals surface area contributed by atoms with Crippen LogP contribution in [0.15, 0.2) is 54.7 Å². The molecule has 0 aliphatic heterocycles. The van der Waals surface area contributed by atoms with Gasteiger partial charge in [0.05, 0.1) is 22.2 Å². The topological polar surface area (TPSA) is 43.1 Å². The van der Waals surface area contributed by atoms with Crippen LogP contribution in [0.25, 0.3) is 49.6 Å². The maximum absolute atomic E-state index is 4.79. The van der Waals surface area contributed by atoms with Crippen molar-refractivity contribution in [3.05, 3.63) is 71.7 Å². The van der Waals surface area contributed by atoms with Gasteiger partial charge in [0, 0.05) is 22.5 Å². The van der Waals surface area contributed by atoms with Crippen molar-refractivity contribution >= 4 is 38.4 Å². The van der Waals surface area contributed by atoms with Gasteiger partial charge in [-0.2, -0.15) is 0 Å². The van der Waals surface area contributed by atoms with E-state index < -0.39 is 0 Å². The van der Waals surface area contributed by atoms with Crippen LogP contribution in [-0.4, -0.2) is 19.4 Å². The van der Waals surface area contributed by atoms with Gasteiger partial charge in [-0.25, -0.2) is 9.97 Å². The molecule has 0 bridgehead atoms. The molecule has 0 amide bonds. The molecule has 6 rings (SSSR count). The second-order valence-corrected chi connectivity index (χ2v) is 7.55. The van der Waals surface area contributed by atoms with Gasteiger partial charge in [0.25, 0.3) is 0 Å². The van der Waals surface area contributed by atoms with Gasteiger partial charge in [-0.1, -0.05) is 24.3 Å². The number of hydrogen-bond acceptors (Lipinski definition) is 3. The normalized spacial score (nSPS) is 12.1. The zero-order valence-corrected chi connectivity index (χ0v) is 16.0. The van der Waals surface area contributed by atoms with Gasteiger partial charge in [-0.3, -0.25) is 4.98 Å². The van der Waals surface area contributed by atoms with Crippen LogP contribution >= 0.6 is 0 Å². The summed E-state index contributed by atoms with van der Waals surface area (Å²) in [5.74, 6) is 0.804. The number of rotatable bonds is 1. The molecule has 28 heavy (non-hydrogen) atoms. The Morgan fingerprint density at radius 3 is 2.29 bits per heavy atom. The summed E-state index contributed by atoms with van der Waals surface area (Å²) in [5, 5.41) is 2.33. The van der Waals surface area contributed by atoms with Gasteiger partial charge in [0.15, 0.2) is 0 Å². The smallest absolute Gasteiger partial charge is 0.126 e. The third-order valence-corrected chi connectivity index (χ3v) is 5.78. The SMILES string of the molecule is Cc1nc2c3ccccc3n3c4cc(-c5cc(C)c(C)cn5)ccc4c(n1)c23. The van der Waals surface area contributed by atoms with Crippen molar-refractivity contribution < 1.29 is 0 Å². The molecule has 0 fully saturated rings. The number of para-hydroxylation sites is 1. The lowest BCUT2D eigenvalue weighted by atomic mass is 10.1. The summed E-state index contributed by atoms with van der Waals surface area (Å²) in [7, 11) is 0. The molecule has 0 saturated heterocycles. The molecule has 0 radical (unpaired) electrons. The van der Waals surface area contributed by atoms with E-state index in [0.717, 1.165) is 44.5 Å². The Bertz CT molecular complexity index is 1540. The quantitative estimate of drug-likeness (QED) is 0.382. The number of aromatic nitrogens is 4. The molecule has 6 aromatic rings. The summed E-state index contributed by atoms with van der Waals surface area (Å²) in [4.78, 5) is 14.2. The molecule has 0 atom stereocenters. The third kappa shape index (κ3) is 1.92. The zero-order valence-electron chi connectivity index (χ0n) is 16.0. The van der Waals surface area contributed by atoms with Crippen LogP contribution in [0.1, 0.15) is 17.0 Å². The fourth-order valence-corrected chi connectivity index (χ4v) is 4.25. The van der Waals surface area contributed by atoms with E-state index in [2.05, 4.69) is 71.8 Å². The second kappa shape index (κ2) is 5.26. The molecule has 4 heteroatoms. The maximum Gasteiger partial charge on any atom is 0.126 e. The summed E-state index contributed by atoms with van der Waals surface area (Å²) >= 11 is 0. The molecular weight excluding hydrogens is 344 g/mol. The highest BCUT2D eigenvalue weighted by atomic mass is 15.0. The van der Waals surface area contributed by atoms with Crippen LogP contribution in [0.2, 0.25) is 0 Å². The van der Waals surface area contributed by atoms with E-state index in [1.165, 1.54) is 22.0 Å². The molecule has 0 N–H and O–H groups in total. The highest BCUT2D eigenvalue weighted by molar-refractivity contribution is 6.20. The minimum absolute atomic E-state index is 0.804. The monoisotopic (exact) mass is 362 g/mol. The molecule has 0 unspecified atom stereocenters. The first-order valence-electron chi connectivity index (χ1n) is 9.48. The number of benzene rings is 2. The average Bonchev–Trinajstić information content (AvgIpc) is 3.20. The van der Waals surface area contributed by atoms with Crippen molar-refractivity contribution in [3.63, 3.8) is 0 Å². The zero-order chi connectivity index (χ0) is 19.0. The summed E-state index contributed by atoms with van der Waals surface area (Å²) in [6.07, 6.45) is 1.95. The molecule has 4 nitrogen and oxygen atoms in total. The standard InChI is InChI=1S/C24H18N4/c1-13-10-19(25-12-14(13)2)16-8-9-18-21(11-16)28-20-7-5-4-6-17(20)22-24(28)23(18)27-15(3)26-22/h4-12H,1-3H3. The Hall–Kier alpha value is -3.53. The summed E-state index contributed by atoms with van der Waals surface area (Å²) < 4.78 is 2.30. The first kappa shape index (κ1) is 15.5. The molecule has 0 saturated carbocycles. The van der Waals surface area contributed by atoms with Gasteiger partial charge < -0.3 is 4.40 Å². The van der Waals surface area contributed by atoms with E-state index in [-0.39, 0.29) is 0 Å². The molecule has 4 heterocycles. The Morgan fingerprint density at radius 1 is 0.750 bits per heavy atom. The van der Waals surface area contributed by atoms with Crippen molar-refractivity contribution in [2.75, 3.05) is 0 Å². The molecule has 2 aromatic carbocycles. The molecule has 4 aromatic heterocycles. The van der Waals surface area contributed by atoms with E-state index in [9.17, 15) is 0 Å². The Labute approximate surface area is 161 Å². The predicted octanol–water partition coefficient (Wildman–Crippen LogP) is 5.61. The molecular formula is C24H18N4. The average molecular weight is 362 g/mol. The van der Waals surface area contributed by atoms with Gasteiger partial charge in [0.2, 0.25) is 0 Å². The van der Waals surface area contributed by atoms with E-state index in [1.54, 1.807) is 0 Å². The lowest BCUT2D eigenvalue weighted by Gasteiger charge is -2.05. The van der Waals surface area contributed by atoms with Crippen molar-refractivity contribution in [2.24, 2.45) is 0 Å². The molecule has 0 aliphatic carbocycles. The number of hydrogen-bond donors (Lipinski definition) is 0. The fourth-order valence-electron chi connectivity index (χ4n) is 4.25. The highest BCUT2D eigenvalue weighted by Crippen LogP contribution is 2.38. The molecule has 0 spiro atoms. The van der Waals surface area contributed by atoms with E-state index >= 15 is 0 Å². The first-order chi connectivity index (χ1) is 13.6. The van der Waals surface area contributed by atoms with Crippen molar-refractivity contribution in [3.8, 4) is 11.3 Å². The summed E-state index contributed by atoms with van der Waals surface area (Å²) in [5.41, 5.74) is 10.1. The van der Waals surface area contributed by atoms with Crippen molar-refractivity contribution in [2.45, 2.75) is 20.8 Å². The van der Waals surface area contributed by atoms with Crippen LogP contribution < -0.4 is 0 Å². The summed E-state index contributed by atoms with van der Waals surface area (Å²) in [6, 6.07) is 17.2. The van der Waals surface area contributed by atoms with Crippen LogP contribution in [-0.2, 0) is 0 Å². The lowest BCUT2D eigenvalue weighted by molar-refractivity contribution is 1.12. The van der Waals surface area contributed by atoms with Crippen molar-refractivity contribution in [1.82, 2.24) is 19.4 Å². The number of nitrogens with zero attached hydrogens (tertiary/aromatic N) is 4. The summed E-state index contributed by atoms with van der Waals surface area (Å²) in [6.45, 7) is 6.19. The molecule has 134 valence electrons. The van der Waals surface area contributed by atoms with Crippen LogP contribution in [0.4, 0.5) is 0 Å². The predicted molar refractivity (Wildman–Crippen MR) is 114 cm³/mol. The largest absolute Gasteiger partial charge is 0.305 e. The van der Waals surface area contributed by atoms with Crippen molar-refractivity contribution in [1.29, 1.82) is 0 Å². The van der Waals surface area contributed by atoms with E-state index in [1.807, 2.05) is 13.1 Å². The molecule has 0 aliphatic rings. The Balaban J connectivity index is 1.79. The lowest BCUT2D eigenvalue weighted by Crippen LogP contribution is -1.89. The van der Waals surface area contributed by atoms with Crippen LogP contribution in [0.3, 0.4) is 0 Å². The van der Waals surface area contributed by atoms with Gasteiger partial charge in [0.1, 0.15) is 16.9 Å². The van der Waals surface area contributed by atoms with Crippen LogP contribution in [0.5, 0.6) is 0 Å². The first-order valence-corrected chi connectivity index (χ1v) is 9.48. The Morgan fingerprint density at radius 2 is 1.50 bits per heavy atom. The highest BCUT2D eigenvalue weighted by Gasteiger charge is 2.20. The number of fused-ring (bicyclic) bond motifs is 6. The third-order valence-electron chi connectivity index (χ3n) is 5.78. The van der Waals surface area contributed by atoms with Gasteiger partial charge in [-0.05, 0) is 56.2 Å². The van der Waals surface area contributed by atoms with E-state index in [0.29, 0.717) is 0 Å². The Kier molecular flexibility index (Phi) is 2.91. The maximum atomic E-state index is 4.79. The number of pyridine rings is 1. The van der Waals surface area contributed by atoms with Gasteiger partial charge >= 0.3 is 0 Å². The fraction of sp³-hybridized carbons (Fsp3) is 0.125. The minimum atomic E-state index is 0.804. The van der Waals surface area contributed by atoms with Gasteiger partial charge in [-0.15, -0.1) is 0 Å². The van der Waals surface area contributed by atoms with E-state index in [4.69, 9.17) is 9.97 Å². The minimum Gasteiger partial charge on any atom is -0.305 e. The van der Waals surface area contributed by atoms with Crippen LogP contribution in [0, 0.1) is 20.8 Å².